The van der Waals surface area contributed by atoms with Gasteiger partial charge in [0.2, 0.25) is 0 Å². The number of hydrogen-bond donors (Lipinski definition) is 1. The fourth-order valence-corrected chi connectivity index (χ4v) is 2.40. The van der Waals surface area contributed by atoms with Crippen LogP contribution in [0.1, 0.15) is 11.7 Å². The summed E-state index contributed by atoms with van der Waals surface area (Å²) in [5.74, 6) is 0.200. The van der Waals surface area contributed by atoms with Crippen molar-refractivity contribution >= 4 is 27.5 Å². The molecule has 19 heavy (non-hydrogen) atoms. The van der Waals surface area contributed by atoms with Crippen LogP contribution in [0.15, 0.2) is 46.9 Å². The lowest BCUT2D eigenvalue weighted by Crippen LogP contribution is -2.18. The molecule has 2 rings (SSSR count). The van der Waals surface area contributed by atoms with Crippen molar-refractivity contribution in [1.29, 1.82) is 0 Å². The molecule has 2 aromatic carbocycles. The first-order chi connectivity index (χ1) is 9.10. The summed E-state index contributed by atoms with van der Waals surface area (Å²) in [6.45, 7) is 0.232. The van der Waals surface area contributed by atoms with Gasteiger partial charge in [0.1, 0.15) is 17.7 Å². The van der Waals surface area contributed by atoms with Crippen LogP contribution >= 0.6 is 27.5 Å². The maximum absolute atomic E-state index is 13.2. The summed E-state index contributed by atoms with van der Waals surface area (Å²) < 4.78 is 19.8. The second kappa shape index (κ2) is 6.37. The van der Waals surface area contributed by atoms with Gasteiger partial charge in [-0.3, -0.25) is 0 Å². The minimum Gasteiger partial charge on any atom is -0.483 e. The normalized spacial score (nSPS) is 12.2. The first-order valence-electron chi connectivity index (χ1n) is 5.67. The van der Waals surface area contributed by atoms with E-state index in [-0.39, 0.29) is 12.4 Å². The molecule has 0 spiro atoms. The highest BCUT2D eigenvalue weighted by Crippen LogP contribution is 2.31. The molecule has 1 atom stereocenters. The van der Waals surface area contributed by atoms with Gasteiger partial charge in [-0.05, 0) is 35.9 Å². The van der Waals surface area contributed by atoms with Crippen LogP contribution in [0.3, 0.4) is 0 Å². The van der Waals surface area contributed by atoms with E-state index in [0.29, 0.717) is 16.3 Å². The second-order valence-corrected chi connectivity index (χ2v) is 5.29. The summed E-state index contributed by atoms with van der Waals surface area (Å²) in [4.78, 5) is 0. The Hall–Kier alpha value is -1.10. The van der Waals surface area contributed by atoms with Crippen LogP contribution in [-0.2, 0) is 0 Å². The maximum atomic E-state index is 13.2. The van der Waals surface area contributed by atoms with Crippen LogP contribution in [0.5, 0.6) is 5.75 Å². The first-order valence-corrected chi connectivity index (χ1v) is 6.84. The molecule has 0 radical (unpaired) electrons. The number of nitrogens with two attached hydrogens (primary N) is 1. The Bertz CT molecular complexity index is 579. The number of rotatable bonds is 4. The molecule has 2 nitrogen and oxygen atoms in total. The summed E-state index contributed by atoms with van der Waals surface area (Å²) in [5, 5.41) is 0.476. The van der Waals surface area contributed by atoms with Gasteiger partial charge >= 0.3 is 0 Å². The zero-order valence-corrected chi connectivity index (χ0v) is 12.3. The number of halogens is 3. The summed E-state index contributed by atoms with van der Waals surface area (Å²) >= 11 is 9.40. The van der Waals surface area contributed by atoms with Gasteiger partial charge in [0, 0.05) is 11.0 Å². The molecule has 2 N–H and O–H groups in total. The molecular weight excluding hydrogens is 333 g/mol. The third-order valence-corrected chi connectivity index (χ3v) is 3.39. The molecule has 0 heterocycles. The minimum atomic E-state index is -0.436. The smallest absolute Gasteiger partial charge is 0.138 e. The lowest BCUT2D eigenvalue weighted by molar-refractivity contribution is 0.214. The van der Waals surface area contributed by atoms with E-state index in [1.54, 1.807) is 24.3 Å². The average Bonchev–Trinajstić information content (AvgIpc) is 2.38. The Balaban J connectivity index is 2.24. The molecule has 0 aliphatic carbocycles. The SMILES string of the molecule is NCC(Oc1ccc(Br)cc1Cl)c1cccc(F)c1. The lowest BCUT2D eigenvalue weighted by Gasteiger charge is -2.18. The predicted molar refractivity (Wildman–Crippen MR) is 78.0 cm³/mol. The quantitative estimate of drug-likeness (QED) is 0.896. The van der Waals surface area contributed by atoms with Crippen molar-refractivity contribution in [3.05, 3.63) is 63.3 Å². The summed E-state index contributed by atoms with van der Waals surface area (Å²) in [6, 6.07) is 11.5. The van der Waals surface area contributed by atoms with Crippen LogP contribution < -0.4 is 10.5 Å². The molecule has 0 aliphatic heterocycles. The summed E-state index contributed by atoms with van der Waals surface area (Å²) in [5.41, 5.74) is 6.36. The molecule has 1 unspecified atom stereocenters. The van der Waals surface area contributed by atoms with Gasteiger partial charge in [-0.15, -0.1) is 0 Å². The molecule has 0 saturated heterocycles. The zero-order chi connectivity index (χ0) is 13.8. The van der Waals surface area contributed by atoms with Crippen LogP contribution in [0.25, 0.3) is 0 Å². The molecule has 5 heteroatoms. The maximum Gasteiger partial charge on any atom is 0.138 e. The summed E-state index contributed by atoms with van der Waals surface area (Å²) in [6.07, 6.45) is -0.436. The Morgan fingerprint density at radius 1 is 1.26 bits per heavy atom. The zero-order valence-electron chi connectivity index (χ0n) is 9.95. The van der Waals surface area contributed by atoms with Crippen molar-refractivity contribution < 1.29 is 9.13 Å². The van der Waals surface area contributed by atoms with Crippen LogP contribution in [0, 0.1) is 5.82 Å². The van der Waals surface area contributed by atoms with Gasteiger partial charge in [0.05, 0.1) is 5.02 Å². The Labute approximate surface area is 124 Å². The number of ether oxygens (including phenoxy) is 1. The first kappa shape index (κ1) is 14.3. The van der Waals surface area contributed by atoms with Gasteiger partial charge < -0.3 is 10.5 Å². The van der Waals surface area contributed by atoms with E-state index in [2.05, 4.69) is 15.9 Å². The minimum absolute atomic E-state index is 0.232. The summed E-state index contributed by atoms with van der Waals surface area (Å²) in [7, 11) is 0. The highest BCUT2D eigenvalue weighted by atomic mass is 79.9. The van der Waals surface area contributed by atoms with E-state index < -0.39 is 6.10 Å². The van der Waals surface area contributed by atoms with Gasteiger partial charge in [-0.2, -0.15) is 0 Å². The lowest BCUT2D eigenvalue weighted by atomic mass is 10.1. The molecule has 0 amide bonds. The molecule has 2 aromatic rings. The largest absolute Gasteiger partial charge is 0.483 e. The van der Waals surface area contributed by atoms with E-state index in [4.69, 9.17) is 22.1 Å². The Morgan fingerprint density at radius 2 is 2.05 bits per heavy atom. The van der Waals surface area contributed by atoms with E-state index in [1.807, 2.05) is 6.07 Å². The molecule has 0 bridgehead atoms. The molecule has 0 aliphatic rings. The van der Waals surface area contributed by atoms with E-state index in [9.17, 15) is 4.39 Å². The molecular formula is C14H12BrClFNO. The number of hydrogen-bond acceptors (Lipinski definition) is 2. The standard InChI is InChI=1S/C14H12BrClFNO/c15-10-4-5-13(12(16)7-10)19-14(8-18)9-2-1-3-11(17)6-9/h1-7,14H,8,18H2. The number of benzene rings is 2. The molecule has 0 saturated carbocycles. The van der Waals surface area contributed by atoms with Crippen molar-refractivity contribution in [2.24, 2.45) is 5.73 Å². The monoisotopic (exact) mass is 343 g/mol. The molecule has 100 valence electrons. The third kappa shape index (κ3) is 3.69. The van der Waals surface area contributed by atoms with Crippen molar-refractivity contribution in [3.63, 3.8) is 0 Å². The molecule has 0 aromatic heterocycles. The van der Waals surface area contributed by atoms with Crippen molar-refractivity contribution in [3.8, 4) is 5.75 Å². The van der Waals surface area contributed by atoms with Crippen LogP contribution in [-0.4, -0.2) is 6.54 Å². The average molecular weight is 345 g/mol. The van der Waals surface area contributed by atoms with Gasteiger partial charge in [0.15, 0.2) is 0 Å². The van der Waals surface area contributed by atoms with Crippen LogP contribution in [0.2, 0.25) is 5.02 Å². The van der Waals surface area contributed by atoms with Crippen LogP contribution in [0.4, 0.5) is 4.39 Å². The fraction of sp³-hybridized carbons (Fsp3) is 0.143. The Morgan fingerprint density at radius 3 is 2.68 bits per heavy atom. The molecule has 0 fully saturated rings. The van der Waals surface area contributed by atoms with Crippen molar-refractivity contribution in [2.45, 2.75) is 6.10 Å². The Kier molecular flexibility index (Phi) is 4.80. The van der Waals surface area contributed by atoms with E-state index >= 15 is 0 Å². The fourth-order valence-electron chi connectivity index (χ4n) is 1.68. The third-order valence-electron chi connectivity index (χ3n) is 2.60. The van der Waals surface area contributed by atoms with E-state index in [0.717, 1.165) is 4.47 Å². The van der Waals surface area contributed by atoms with Gasteiger partial charge in [0.25, 0.3) is 0 Å². The highest BCUT2D eigenvalue weighted by molar-refractivity contribution is 9.10. The van der Waals surface area contributed by atoms with Crippen molar-refractivity contribution in [1.82, 2.24) is 0 Å². The van der Waals surface area contributed by atoms with E-state index in [1.165, 1.54) is 12.1 Å². The second-order valence-electron chi connectivity index (χ2n) is 3.97. The topological polar surface area (TPSA) is 35.2 Å². The predicted octanol–water partition coefficient (Wildman–Crippen LogP) is 4.32. The van der Waals surface area contributed by atoms with Crippen molar-refractivity contribution in [2.75, 3.05) is 6.54 Å². The van der Waals surface area contributed by atoms with Gasteiger partial charge in [-0.1, -0.05) is 39.7 Å². The highest BCUT2D eigenvalue weighted by Gasteiger charge is 2.14. The van der Waals surface area contributed by atoms with Gasteiger partial charge in [-0.25, -0.2) is 4.39 Å².